The van der Waals surface area contributed by atoms with E-state index < -0.39 is 0 Å². The average molecular weight is 417 g/mol. The van der Waals surface area contributed by atoms with Crippen LogP contribution in [0.4, 0.5) is 11.4 Å². The van der Waals surface area contributed by atoms with Gasteiger partial charge in [-0.25, -0.2) is 0 Å². The monoisotopic (exact) mass is 416 g/mol. The van der Waals surface area contributed by atoms with Crippen LogP contribution in [-0.4, -0.2) is 42.9 Å². The molecule has 0 saturated carbocycles. The Morgan fingerprint density at radius 2 is 1.79 bits per heavy atom. The molecule has 1 aliphatic heterocycles. The van der Waals surface area contributed by atoms with Crippen LogP contribution in [0.5, 0.6) is 0 Å². The summed E-state index contributed by atoms with van der Waals surface area (Å²) in [6, 6.07) is 16.0. The zero-order chi connectivity index (χ0) is 19.9. The van der Waals surface area contributed by atoms with Crippen LogP contribution in [0.15, 0.2) is 48.5 Å². The number of benzene rings is 2. The van der Waals surface area contributed by atoms with Crippen molar-refractivity contribution in [1.29, 1.82) is 0 Å². The maximum absolute atomic E-state index is 12.6. The molecule has 3 N–H and O–H groups in total. The average Bonchev–Trinajstić information content (AvgIpc) is 2.68. The number of aryl methyl sites for hydroxylation is 1. The van der Waals surface area contributed by atoms with Gasteiger partial charge in [-0.15, -0.1) is 12.4 Å². The second-order valence-electron chi connectivity index (χ2n) is 7.10. The topological polar surface area (TPSA) is 73.5 Å². The summed E-state index contributed by atoms with van der Waals surface area (Å²) < 4.78 is 0. The smallest absolute Gasteiger partial charge is 0.238 e. The Kier molecular flexibility index (Phi) is 8.64. The van der Waals surface area contributed by atoms with Gasteiger partial charge in [0.05, 0.1) is 6.54 Å². The third kappa shape index (κ3) is 6.56. The van der Waals surface area contributed by atoms with Crippen molar-refractivity contribution in [3.8, 4) is 0 Å². The molecule has 156 valence electrons. The fraction of sp³-hybridized carbons (Fsp3) is 0.364. The molecule has 1 unspecified atom stereocenters. The summed E-state index contributed by atoms with van der Waals surface area (Å²) in [5.74, 6) is -0.196. The minimum atomic E-state index is -0.138. The molecule has 0 radical (unpaired) electrons. The molecule has 0 aliphatic carbocycles. The number of carbonyl (C=O) groups is 2. The first-order valence-electron chi connectivity index (χ1n) is 9.76. The van der Waals surface area contributed by atoms with Gasteiger partial charge in [-0.3, -0.25) is 14.5 Å². The number of carbonyl (C=O) groups excluding carboxylic acids is 2. The fourth-order valence-corrected chi connectivity index (χ4v) is 3.50. The molecule has 6 nitrogen and oxygen atoms in total. The zero-order valence-electron chi connectivity index (χ0n) is 16.9. The number of piperazine rings is 1. The largest absolute Gasteiger partial charge is 0.326 e. The molecule has 2 amide bonds. The van der Waals surface area contributed by atoms with Crippen LogP contribution in [-0.2, 0) is 16.0 Å². The zero-order valence-corrected chi connectivity index (χ0v) is 17.7. The summed E-state index contributed by atoms with van der Waals surface area (Å²) in [7, 11) is 0. The van der Waals surface area contributed by atoms with Gasteiger partial charge in [0.25, 0.3) is 0 Å². The fourth-order valence-electron chi connectivity index (χ4n) is 3.50. The number of anilines is 2. The van der Waals surface area contributed by atoms with Gasteiger partial charge in [0.2, 0.25) is 11.8 Å². The number of amides is 2. The van der Waals surface area contributed by atoms with Crippen LogP contribution in [0.1, 0.15) is 31.0 Å². The van der Waals surface area contributed by atoms with E-state index in [1.165, 1.54) is 18.1 Å². The molecule has 7 heteroatoms. The van der Waals surface area contributed by atoms with Crippen molar-refractivity contribution in [3.63, 3.8) is 0 Å². The lowest BCUT2D eigenvalue weighted by Gasteiger charge is -2.36. The minimum absolute atomic E-state index is 0. The number of hydrogen-bond acceptors (Lipinski definition) is 4. The van der Waals surface area contributed by atoms with Crippen molar-refractivity contribution >= 4 is 35.6 Å². The maximum Gasteiger partial charge on any atom is 0.238 e. The van der Waals surface area contributed by atoms with Gasteiger partial charge in [-0.05, 0) is 35.7 Å². The summed E-state index contributed by atoms with van der Waals surface area (Å²) in [5, 5.41) is 9.10. The number of rotatable bonds is 6. The second kappa shape index (κ2) is 11.0. The van der Waals surface area contributed by atoms with Crippen molar-refractivity contribution in [2.24, 2.45) is 0 Å². The van der Waals surface area contributed by atoms with E-state index in [1.807, 2.05) is 12.1 Å². The van der Waals surface area contributed by atoms with Gasteiger partial charge in [0, 0.05) is 44.0 Å². The lowest BCUT2D eigenvalue weighted by molar-refractivity contribution is -0.118. The first-order chi connectivity index (χ1) is 13.5. The molecular formula is C22H29ClN4O2. The van der Waals surface area contributed by atoms with Crippen LogP contribution < -0.4 is 16.0 Å². The molecule has 1 fully saturated rings. The van der Waals surface area contributed by atoms with Gasteiger partial charge in [0.1, 0.15) is 0 Å². The summed E-state index contributed by atoms with van der Waals surface area (Å²) in [5.41, 5.74) is 3.89. The van der Waals surface area contributed by atoms with Crippen molar-refractivity contribution < 1.29 is 9.59 Å². The summed E-state index contributed by atoms with van der Waals surface area (Å²) in [6.45, 7) is 6.45. The van der Waals surface area contributed by atoms with Crippen LogP contribution in [0.25, 0.3) is 0 Å². The normalized spacial score (nSPS) is 16.6. The maximum atomic E-state index is 12.6. The van der Waals surface area contributed by atoms with Crippen molar-refractivity contribution in [2.75, 3.05) is 36.8 Å². The van der Waals surface area contributed by atoms with Crippen LogP contribution in [0.2, 0.25) is 0 Å². The summed E-state index contributed by atoms with van der Waals surface area (Å²) >= 11 is 0. The predicted octanol–water partition coefficient (Wildman–Crippen LogP) is 3.21. The van der Waals surface area contributed by atoms with E-state index in [1.54, 1.807) is 12.1 Å². The summed E-state index contributed by atoms with van der Waals surface area (Å²) in [4.78, 5) is 26.1. The quantitative estimate of drug-likeness (QED) is 0.676. The third-order valence-corrected chi connectivity index (χ3v) is 4.94. The standard InChI is InChI=1S/C22H28N4O2.ClH/c1-3-17-7-9-18(10-8-17)21-14-23-11-12-26(21)15-22(28)25-20-6-4-5-19(13-20)24-16(2)27;/h4-10,13,21,23H,3,11-12,14-15H2,1-2H3,(H,24,27)(H,25,28);1H. The molecule has 3 rings (SSSR count). The van der Waals surface area contributed by atoms with E-state index in [0.717, 1.165) is 26.1 Å². The van der Waals surface area contributed by atoms with E-state index in [9.17, 15) is 9.59 Å². The van der Waals surface area contributed by atoms with Crippen molar-refractivity contribution in [3.05, 3.63) is 59.7 Å². The highest BCUT2D eigenvalue weighted by atomic mass is 35.5. The van der Waals surface area contributed by atoms with E-state index >= 15 is 0 Å². The number of hydrogen-bond donors (Lipinski definition) is 3. The molecule has 2 aromatic carbocycles. The SMILES string of the molecule is CCc1ccc(C2CNCCN2CC(=O)Nc2cccc(NC(C)=O)c2)cc1.Cl. The van der Waals surface area contributed by atoms with Gasteiger partial charge in [-0.1, -0.05) is 37.3 Å². The van der Waals surface area contributed by atoms with Gasteiger partial charge < -0.3 is 16.0 Å². The molecule has 0 bridgehead atoms. The van der Waals surface area contributed by atoms with Crippen LogP contribution in [0.3, 0.4) is 0 Å². The molecule has 1 atom stereocenters. The van der Waals surface area contributed by atoms with Crippen LogP contribution in [0, 0.1) is 0 Å². The Bertz CT molecular complexity index is 826. The Morgan fingerprint density at radius 1 is 1.10 bits per heavy atom. The first kappa shape index (κ1) is 22.9. The van der Waals surface area contributed by atoms with Gasteiger partial charge in [-0.2, -0.15) is 0 Å². The molecule has 1 heterocycles. The number of nitrogens with zero attached hydrogens (tertiary/aromatic N) is 1. The third-order valence-electron chi connectivity index (χ3n) is 4.94. The molecule has 0 spiro atoms. The highest BCUT2D eigenvalue weighted by Crippen LogP contribution is 2.23. The Hall–Kier alpha value is -2.41. The summed E-state index contributed by atoms with van der Waals surface area (Å²) in [6.07, 6.45) is 1.02. The highest BCUT2D eigenvalue weighted by Gasteiger charge is 2.25. The first-order valence-corrected chi connectivity index (χ1v) is 9.76. The number of nitrogens with one attached hydrogen (secondary N) is 3. The van der Waals surface area contributed by atoms with E-state index in [2.05, 4.69) is 52.0 Å². The van der Waals surface area contributed by atoms with E-state index in [0.29, 0.717) is 17.9 Å². The van der Waals surface area contributed by atoms with Gasteiger partial charge in [0.15, 0.2) is 0 Å². The molecule has 1 aliphatic rings. The number of halogens is 1. The second-order valence-corrected chi connectivity index (χ2v) is 7.10. The van der Waals surface area contributed by atoms with Crippen molar-refractivity contribution in [1.82, 2.24) is 10.2 Å². The van der Waals surface area contributed by atoms with Gasteiger partial charge >= 0.3 is 0 Å². The lowest BCUT2D eigenvalue weighted by atomic mass is 10.0. The molecule has 29 heavy (non-hydrogen) atoms. The lowest BCUT2D eigenvalue weighted by Crippen LogP contribution is -2.48. The minimum Gasteiger partial charge on any atom is -0.326 e. The van der Waals surface area contributed by atoms with Crippen molar-refractivity contribution in [2.45, 2.75) is 26.3 Å². The van der Waals surface area contributed by atoms with E-state index in [4.69, 9.17) is 0 Å². The van der Waals surface area contributed by atoms with Crippen LogP contribution >= 0.6 is 12.4 Å². The molecule has 0 aromatic heterocycles. The Labute approximate surface area is 178 Å². The highest BCUT2D eigenvalue weighted by molar-refractivity contribution is 5.94. The molecular weight excluding hydrogens is 388 g/mol. The van der Waals surface area contributed by atoms with E-state index in [-0.39, 0.29) is 30.3 Å². The molecule has 2 aromatic rings. The molecule has 1 saturated heterocycles. The Morgan fingerprint density at radius 3 is 2.45 bits per heavy atom. The Balaban J connectivity index is 0.00000300. The predicted molar refractivity (Wildman–Crippen MR) is 120 cm³/mol.